The van der Waals surface area contributed by atoms with Crippen LogP contribution >= 0.6 is 11.8 Å². The van der Waals surface area contributed by atoms with Crippen molar-refractivity contribution in [2.24, 2.45) is 0 Å². The summed E-state index contributed by atoms with van der Waals surface area (Å²) in [6.07, 6.45) is 0.0150. The second-order valence-electron chi connectivity index (χ2n) is 8.64. The first-order valence-electron chi connectivity index (χ1n) is 11.8. The van der Waals surface area contributed by atoms with E-state index in [9.17, 15) is 24.3 Å². The summed E-state index contributed by atoms with van der Waals surface area (Å²) in [5, 5.41) is 25.8. The fourth-order valence-corrected chi connectivity index (χ4v) is 4.69. The molecule has 10 nitrogen and oxygen atoms in total. The van der Waals surface area contributed by atoms with Crippen LogP contribution < -0.4 is 16.0 Å². The van der Waals surface area contributed by atoms with Gasteiger partial charge in [-0.05, 0) is 47.6 Å². The molecule has 0 fully saturated rings. The van der Waals surface area contributed by atoms with E-state index in [0.717, 1.165) is 22.3 Å². The Balaban J connectivity index is 1.65. The van der Waals surface area contributed by atoms with Gasteiger partial charge >= 0.3 is 12.1 Å². The lowest BCUT2D eigenvalue weighted by atomic mass is 9.98. The van der Waals surface area contributed by atoms with E-state index in [0.29, 0.717) is 5.75 Å². The predicted octanol–water partition coefficient (Wildman–Crippen LogP) is 1.71. The number of hydrogen-bond acceptors (Lipinski definition) is 7. The smallest absolute Gasteiger partial charge is 0.407 e. The van der Waals surface area contributed by atoms with Crippen LogP contribution in [-0.2, 0) is 19.1 Å². The van der Waals surface area contributed by atoms with Crippen molar-refractivity contribution in [2.75, 3.05) is 25.2 Å². The van der Waals surface area contributed by atoms with Crippen molar-refractivity contribution in [2.45, 2.75) is 37.5 Å². The monoisotopic (exact) mass is 529 g/mol. The fraction of sp³-hybridized carbons (Fsp3) is 0.385. The number of rotatable bonds is 12. The van der Waals surface area contributed by atoms with Crippen molar-refractivity contribution in [3.63, 3.8) is 0 Å². The molecule has 1 aliphatic rings. The van der Waals surface area contributed by atoms with Gasteiger partial charge in [0.15, 0.2) is 0 Å². The zero-order chi connectivity index (χ0) is 26.9. The number of benzene rings is 2. The molecule has 37 heavy (non-hydrogen) atoms. The van der Waals surface area contributed by atoms with E-state index in [1.807, 2.05) is 54.8 Å². The van der Waals surface area contributed by atoms with Crippen LogP contribution in [0, 0.1) is 0 Å². The number of hydrogen-bond donors (Lipinski definition) is 5. The van der Waals surface area contributed by atoms with Gasteiger partial charge in [-0.1, -0.05) is 48.5 Å². The Kier molecular flexibility index (Phi) is 9.93. The Morgan fingerprint density at radius 2 is 1.57 bits per heavy atom. The highest BCUT2D eigenvalue weighted by Crippen LogP contribution is 2.44. The highest BCUT2D eigenvalue weighted by Gasteiger charge is 2.32. The Morgan fingerprint density at radius 3 is 2.11 bits per heavy atom. The largest absolute Gasteiger partial charge is 0.480 e. The topological polar surface area (TPSA) is 154 Å². The Hall–Kier alpha value is -3.57. The highest BCUT2D eigenvalue weighted by atomic mass is 32.2. The van der Waals surface area contributed by atoms with E-state index in [4.69, 9.17) is 9.84 Å². The number of ether oxygens (including phenoxy) is 1. The maximum atomic E-state index is 12.9. The summed E-state index contributed by atoms with van der Waals surface area (Å²) in [4.78, 5) is 48.7. The predicted molar refractivity (Wildman–Crippen MR) is 139 cm³/mol. The Labute approximate surface area is 219 Å². The van der Waals surface area contributed by atoms with Gasteiger partial charge in [0.25, 0.3) is 0 Å². The minimum Gasteiger partial charge on any atom is -0.480 e. The number of carboxylic acid groups (broad SMARTS) is 1. The molecule has 0 aromatic heterocycles. The maximum Gasteiger partial charge on any atom is 0.407 e. The normalized spacial score (nSPS) is 14.5. The summed E-state index contributed by atoms with van der Waals surface area (Å²) in [7, 11) is 0. The number of carbonyl (C=O) groups excluding carboxylic acids is 3. The molecule has 5 N–H and O–H groups in total. The zero-order valence-corrected chi connectivity index (χ0v) is 21.4. The van der Waals surface area contributed by atoms with Crippen molar-refractivity contribution in [3.8, 4) is 11.1 Å². The fourth-order valence-electron chi connectivity index (χ4n) is 4.22. The Morgan fingerprint density at radius 1 is 0.973 bits per heavy atom. The summed E-state index contributed by atoms with van der Waals surface area (Å²) in [5.41, 5.74) is 4.30. The van der Waals surface area contributed by atoms with Gasteiger partial charge in [0, 0.05) is 5.92 Å². The van der Waals surface area contributed by atoms with Gasteiger partial charge in [-0.3, -0.25) is 14.4 Å². The van der Waals surface area contributed by atoms with Crippen LogP contribution in [0.3, 0.4) is 0 Å². The molecule has 3 rings (SSSR count). The lowest BCUT2D eigenvalue weighted by molar-refractivity contribution is -0.139. The second kappa shape index (κ2) is 13.1. The van der Waals surface area contributed by atoms with Gasteiger partial charge in [0.2, 0.25) is 11.8 Å². The average molecular weight is 530 g/mol. The van der Waals surface area contributed by atoms with Crippen LogP contribution in [0.25, 0.3) is 11.1 Å². The molecule has 0 radical (unpaired) electrons. The number of amides is 3. The molecule has 0 saturated carbocycles. The van der Waals surface area contributed by atoms with Crippen molar-refractivity contribution in [3.05, 3.63) is 59.7 Å². The standard InChI is InChI=1S/C26H31N3O7S/c1-15(30)23(25(34)27-13-22(31)32)29-24(33)21(11-12-37-2)28-26(35)36-14-20-18-9-5-3-7-16(18)17-8-4-6-10-19(17)20/h3-10,15,20-21,23,30H,11-14H2,1-2H3,(H,27,34)(H,28,35)(H,29,33)(H,31,32)/t15-,21+,23+/m1/s1. The van der Waals surface area contributed by atoms with Crippen molar-refractivity contribution < 1.29 is 34.1 Å². The first-order chi connectivity index (χ1) is 17.7. The van der Waals surface area contributed by atoms with E-state index in [1.165, 1.54) is 18.7 Å². The zero-order valence-electron chi connectivity index (χ0n) is 20.6. The molecular formula is C26H31N3O7S. The summed E-state index contributed by atoms with van der Waals surface area (Å²) in [5.74, 6) is -2.42. The van der Waals surface area contributed by atoms with Crippen LogP contribution in [-0.4, -0.2) is 77.4 Å². The van der Waals surface area contributed by atoms with Crippen molar-refractivity contribution >= 4 is 35.6 Å². The van der Waals surface area contributed by atoms with Gasteiger partial charge in [-0.2, -0.15) is 11.8 Å². The van der Waals surface area contributed by atoms with Crippen LogP contribution in [0.1, 0.15) is 30.4 Å². The van der Waals surface area contributed by atoms with Gasteiger partial charge in [-0.15, -0.1) is 0 Å². The molecule has 2 aromatic carbocycles. The van der Waals surface area contributed by atoms with Crippen LogP contribution in [0.5, 0.6) is 0 Å². The molecule has 0 aliphatic heterocycles. The molecule has 0 heterocycles. The SMILES string of the molecule is CSCC[C@H](NC(=O)OCC1c2ccccc2-c2ccccc21)C(=O)N[C@H](C(=O)NCC(=O)O)[C@@H](C)O. The van der Waals surface area contributed by atoms with Crippen LogP contribution in [0.15, 0.2) is 48.5 Å². The molecule has 198 valence electrons. The number of carboxylic acids is 1. The minimum atomic E-state index is -1.40. The molecule has 11 heteroatoms. The van der Waals surface area contributed by atoms with Gasteiger partial charge in [-0.25, -0.2) is 4.79 Å². The third kappa shape index (κ3) is 7.23. The molecule has 2 aromatic rings. The number of fused-ring (bicyclic) bond motifs is 3. The number of thioether (sulfide) groups is 1. The van der Waals surface area contributed by atoms with E-state index in [-0.39, 0.29) is 18.9 Å². The minimum absolute atomic E-state index is 0.0740. The number of alkyl carbamates (subject to hydrolysis) is 1. The number of aliphatic hydroxyl groups excluding tert-OH is 1. The van der Waals surface area contributed by atoms with E-state index < -0.39 is 48.6 Å². The third-order valence-electron chi connectivity index (χ3n) is 6.04. The van der Waals surface area contributed by atoms with Crippen molar-refractivity contribution in [1.82, 2.24) is 16.0 Å². The molecule has 3 amide bonds. The number of carbonyl (C=O) groups is 4. The quantitative estimate of drug-likeness (QED) is 0.278. The number of aliphatic hydroxyl groups is 1. The molecule has 0 bridgehead atoms. The molecule has 3 atom stereocenters. The molecular weight excluding hydrogens is 498 g/mol. The highest BCUT2D eigenvalue weighted by molar-refractivity contribution is 7.98. The average Bonchev–Trinajstić information content (AvgIpc) is 3.20. The van der Waals surface area contributed by atoms with Gasteiger partial charge < -0.3 is 30.9 Å². The van der Waals surface area contributed by atoms with Crippen molar-refractivity contribution in [1.29, 1.82) is 0 Å². The Bertz CT molecular complexity index is 1100. The lowest BCUT2D eigenvalue weighted by Crippen LogP contribution is -2.57. The summed E-state index contributed by atoms with van der Waals surface area (Å²) in [6.45, 7) is 0.706. The molecule has 0 unspecified atom stereocenters. The van der Waals surface area contributed by atoms with Crippen LogP contribution in [0.4, 0.5) is 4.79 Å². The molecule has 0 saturated heterocycles. The van der Waals surface area contributed by atoms with E-state index >= 15 is 0 Å². The van der Waals surface area contributed by atoms with Crippen LogP contribution in [0.2, 0.25) is 0 Å². The first kappa shape index (κ1) is 28.0. The number of nitrogens with one attached hydrogen (secondary N) is 3. The molecule has 0 spiro atoms. The van der Waals surface area contributed by atoms with Gasteiger partial charge in [0.1, 0.15) is 25.2 Å². The second-order valence-corrected chi connectivity index (χ2v) is 9.63. The van der Waals surface area contributed by atoms with E-state index in [1.54, 1.807) is 0 Å². The summed E-state index contributed by atoms with van der Waals surface area (Å²) >= 11 is 1.47. The lowest BCUT2D eigenvalue weighted by Gasteiger charge is -2.24. The first-order valence-corrected chi connectivity index (χ1v) is 13.2. The maximum absolute atomic E-state index is 12.9. The van der Waals surface area contributed by atoms with Gasteiger partial charge in [0.05, 0.1) is 6.10 Å². The van der Waals surface area contributed by atoms with E-state index in [2.05, 4.69) is 16.0 Å². The summed E-state index contributed by atoms with van der Waals surface area (Å²) < 4.78 is 5.53. The summed E-state index contributed by atoms with van der Waals surface area (Å²) in [6, 6.07) is 13.4. The third-order valence-corrected chi connectivity index (χ3v) is 6.68. The molecule has 1 aliphatic carbocycles. The number of aliphatic carboxylic acids is 1.